The van der Waals surface area contributed by atoms with Gasteiger partial charge in [-0.25, -0.2) is 0 Å². The Bertz CT molecular complexity index is 845. The predicted octanol–water partition coefficient (Wildman–Crippen LogP) is 2.63. The Labute approximate surface area is 163 Å². The standard InChI is InChI=1S/C19H23N3O2S2/c1-12(2)7-22-18(24)16(26-19(22)25)11-20-8-13-6-14(10-20)15-4-3-5-17(23)21(15)9-13/h3-5,11-14H,6-10H2,1-2H3/b16-11-/t13-,14-/m0/s1. The maximum Gasteiger partial charge on any atom is 0.267 e. The van der Waals surface area contributed by atoms with E-state index >= 15 is 0 Å². The second kappa shape index (κ2) is 6.85. The van der Waals surface area contributed by atoms with Crippen molar-refractivity contribution in [3.05, 3.63) is 45.4 Å². The van der Waals surface area contributed by atoms with Crippen LogP contribution in [0.25, 0.3) is 0 Å². The summed E-state index contributed by atoms with van der Waals surface area (Å²) in [5.74, 6) is 1.20. The van der Waals surface area contributed by atoms with Crippen LogP contribution >= 0.6 is 24.0 Å². The molecule has 0 N–H and O–H groups in total. The Kier molecular flexibility index (Phi) is 4.69. The van der Waals surface area contributed by atoms with Gasteiger partial charge in [0.2, 0.25) is 0 Å². The van der Waals surface area contributed by atoms with Crippen molar-refractivity contribution in [2.45, 2.75) is 32.7 Å². The number of pyridine rings is 1. The van der Waals surface area contributed by atoms with E-state index in [1.54, 1.807) is 11.0 Å². The average molecular weight is 390 g/mol. The number of hydrogen-bond acceptors (Lipinski definition) is 5. The molecule has 0 saturated carbocycles. The molecule has 2 fully saturated rings. The van der Waals surface area contributed by atoms with Crippen LogP contribution in [0.15, 0.2) is 34.1 Å². The Balaban J connectivity index is 1.54. The number of carbonyl (C=O) groups excluding carboxylic acids is 1. The molecule has 138 valence electrons. The highest BCUT2D eigenvalue weighted by atomic mass is 32.2. The summed E-state index contributed by atoms with van der Waals surface area (Å²) in [4.78, 5) is 29.5. The van der Waals surface area contributed by atoms with Gasteiger partial charge in [-0.1, -0.05) is 43.9 Å². The molecule has 1 aromatic heterocycles. The minimum absolute atomic E-state index is 0.0288. The zero-order chi connectivity index (χ0) is 18.4. The van der Waals surface area contributed by atoms with E-state index in [0.717, 1.165) is 36.7 Å². The first-order chi connectivity index (χ1) is 12.4. The fraction of sp³-hybridized carbons (Fsp3) is 0.526. The third-order valence-corrected chi connectivity index (χ3v) is 6.59. The maximum atomic E-state index is 12.7. The largest absolute Gasteiger partial charge is 0.375 e. The van der Waals surface area contributed by atoms with Crippen molar-refractivity contribution < 1.29 is 4.79 Å². The minimum atomic E-state index is 0.0288. The predicted molar refractivity (Wildman–Crippen MR) is 108 cm³/mol. The molecule has 0 radical (unpaired) electrons. The molecule has 4 heterocycles. The smallest absolute Gasteiger partial charge is 0.267 e. The van der Waals surface area contributed by atoms with Gasteiger partial charge in [-0.15, -0.1) is 0 Å². The Hall–Kier alpha value is -1.60. The summed E-state index contributed by atoms with van der Waals surface area (Å²) in [5.41, 5.74) is 1.22. The number of thioether (sulfide) groups is 1. The van der Waals surface area contributed by atoms with Crippen molar-refractivity contribution >= 4 is 34.2 Å². The van der Waals surface area contributed by atoms with Gasteiger partial charge in [0.1, 0.15) is 4.32 Å². The molecule has 1 aromatic rings. The Morgan fingerprint density at radius 1 is 1.27 bits per heavy atom. The van der Waals surface area contributed by atoms with E-state index in [4.69, 9.17) is 12.2 Å². The third kappa shape index (κ3) is 3.22. The van der Waals surface area contributed by atoms with Crippen molar-refractivity contribution in [1.29, 1.82) is 0 Å². The van der Waals surface area contributed by atoms with Gasteiger partial charge in [-0.2, -0.15) is 0 Å². The molecule has 3 aliphatic heterocycles. The molecule has 5 nitrogen and oxygen atoms in total. The van der Waals surface area contributed by atoms with Gasteiger partial charge in [0.15, 0.2) is 0 Å². The zero-order valence-corrected chi connectivity index (χ0v) is 16.7. The number of thiocarbonyl (C=S) groups is 1. The van der Waals surface area contributed by atoms with Crippen molar-refractivity contribution in [2.24, 2.45) is 11.8 Å². The average Bonchev–Trinajstić information content (AvgIpc) is 2.83. The Morgan fingerprint density at radius 2 is 2.08 bits per heavy atom. The lowest BCUT2D eigenvalue weighted by Crippen LogP contribution is -2.45. The lowest BCUT2D eigenvalue weighted by Gasteiger charge is -2.42. The van der Waals surface area contributed by atoms with E-state index in [1.165, 1.54) is 11.8 Å². The molecule has 2 saturated heterocycles. The van der Waals surface area contributed by atoms with Crippen LogP contribution < -0.4 is 5.56 Å². The van der Waals surface area contributed by atoms with Crippen LogP contribution in [0.2, 0.25) is 0 Å². The number of rotatable bonds is 3. The third-order valence-electron chi connectivity index (χ3n) is 5.23. The van der Waals surface area contributed by atoms with Crippen LogP contribution in [-0.2, 0) is 11.3 Å². The van der Waals surface area contributed by atoms with Crippen molar-refractivity contribution in [1.82, 2.24) is 14.4 Å². The van der Waals surface area contributed by atoms with Gasteiger partial charge >= 0.3 is 0 Å². The number of nitrogens with zero attached hydrogens (tertiary/aromatic N) is 3. The number of carbonyl (C=O) groups is 1. The van der Waals surface area contributed by atoms with Crippen LogP contribution in [0.3, 0.4) is 0 Å². The van der Waals surface area contributed by atoms with E-state index in [2.05, 4.69) is 24.8 Å². The van der Waals surface area contributed by atoms with Gasteiger partial charge in [0.05, 0.1) is 4.91 Å². The first-order valence-electron chi connectivity index (χ1n) is 9.11. The lowest BCUT2D eigenvalue weighted by molar-refractivity contribution is -0.122. The first kappa shape index (κ1) is 17.8. The molecule has 4 rings (SSSR count). The molecule has 26 heavy (non-hydrogen) atoms. The molecule has 0 aliphatic carbocycles. The molecule has 0 spiro atoms. The number of amides is 1. The summed E-state index contributed by atoms with van der Waals surface area (Å²) in [5, 5.41) is 0. The fourth-order valence-corrected chi connectivity index (χ4v) is 5.50. The molecular weight excluding hydrogens is 366 g/mol. The zero-order valence-electron chi connectivity index (χ0n) is 15.1. The van der Waals surface area contributed by atoms with Gasteiger partial charge < -0.3 is 9.47 Å². The van der Waals surface area contributed by atoms with Gasteiger partial charge in [0.25, 0.3) is 11.5 Å². The SMILES string of the molecule is CC(C)CN1C(=O)/C(=C/N2C[C@@H]3C[C@@H](C2)c2cccc(=O)n2C3)SC1=S. The number of aromatic nitrogens is 1. The number of likely N-dealkylation sites (tertiary alicyclic amines) is 1. The van der Waals surface area contributed by atoms with Crippen molar-refractivity contribution in [3.8, 4) is 0 Å². The summed E-state index contributed by atoms with van der Waals surface area (Å²) < 4.78 is 2.59. The second-order valence-corrected chi connectivity index (χ2v) is 9.50. The van der Waals surface area contributed by atoms with E-state index in [0.29, 0.717) is 28.6 Å². The second-order valence-electron chi connectivity index (χ2n) is 7.82. The highest BCUT2D eigenvalue weighted by Gasteiger charge is 2.36. The van der Waals surface area contributed by atoms with E-state index in [9.17, 15) is 9.59 Å². The summed E-state index contributed by atoms with van der Waals surface area (Å²) in [7, 11) is 0. The summed E-state index contributed by atoms with van der Waals surface area (Å²) >= 11 is 6.80. The van der Waals surface area contributed by atoms with E-state index in [-0.39, 0.29) is 11.5 Å². The molecule has 7 heteroatoms. The summed E-state index contributed by atoms with van der Waals surface area (Å²) in [6.07, 6.45) is 3.11. The van der Waals surface area contributed by atoms with Crippen molar-refractivity contribution in [3.63, 3.8) is 0 Å². The monoisotopic (exact) mass is 389 g/mol. The highest BCUT2D eigenvalue weighted by Crippen LogP contribution is 2.37. The first-order valence-corrected chi connectivity index (χ1v) is 10.3. The topological polar surface area (TPSA) is 45.6 Å². The van der Waals surface area contributed by atoms with E-state index in [1.807, 2.05) is 16.8 Å². The van der Waals surface area contributed by atoms with Gasteiger partial charge in [-0.3, -0.25) is 14.5 Å². The van der Waals surface area contributed by atoms with Crippen molar-refractivity contribution in [2.75, 3.05) is 19.6 Å². The summed E-state index contributed by atoms with van der Waals surface area (Å²) in [6, 6.07) is 5.56. The van der Waals surface area contributed by atoms with Gasteiger partial charge in [0, 0.05) is 50.1 Å². The van der Waals surface area contributed by atoms with E-state index < -0.39 is 0 Å². The fourth-order valence-electron chi connectivity index (χ4n) is 4.22. The normalized spacial score (nSPS) is 26.8. The maximum absolute atomic E-state index is 12.7. The van der Waals surface area contributed by atoms with Crippen LogP contribution in [0, 0.1) is 11.8 Å². The lowest BCUT2D eigenvalue weighted by atomic mass is 9.83. The molecule has 0 unspecified atom stereocenters. The number of hydrogen-bond donors (Lipinski definition) is 0. The minimum Gasteiger partial charge on any atom is -0.375 e. The number of fused-ring (bicyclic) bond motifs is 4. The van der Waals surface area contributed by atoms with Gasteiger partial charge in [-0.05, 0) is 24.3 Å². The highest BCUT2D eigenvalue weighted by molar-refractivity contribution is 8.26. The number of piperidine rings is 1. The quantitative estimate of drug-likeness (QED) is 0.587. The molecule has 2 bridgehead atoms. The van der Waals surface area contributed by atoms with Crippen LogP contribution in [0.1, 0.15) is 31.9 Å². The Morgan fingerprint density at radius 3 is 2.85 bits per heavy atom. The molecule has 0 aromatic carbocycles. The van der Waals surface area contributed by atoms with Crippen LogP contribution in [0.5, 0.6) is 0 Å². The van der Waals surface area contributed by atoms with Crippen LogP contribution in [0.4, 0.5) is 0 Å². The van der Waals surface area contributed by atoms with Crippen LogP contribution in [-0.4, -0.2) is 44.2 Å². The summed E-state index contributed by atoms with van der Waals surface area (Å²) in [6.45, 7) is 7.34. The molecule has 3 aliphatic rings. The molecule has 1 amide bonds. The molecular formula is C19H23N3O2S2. The molecule has 2 atom stereocenters.